The van der Waals surface area contributed by atoms with Crippen LogP contribution in [-0.4, -0.2) is 40.6 Å². The number of piperidine rings is 1. The summed E-state index contributed by atoms with van der Waals surface area (Å²) in [6.45, 7) is 6.51. The van der Waals surface area contributed by atoms with Crippen LogP contribution >= 0.6 is 0 Å². The van der Waals surface area contributed by atoms with Crippen LogP contribution in [0.1, 0.15) is 33.6 Å². The van der Waals surface area contributed by atoms with Crippen LogP contribution in [0, 0.1) is 0 Å². The minimum atomic E-state index is -0.481. The molecule has 86 valence electrons. The first kappa shape index (κ1) is 11.8. The Kier molecular flexibility index (Phi) is 3.55. The van der Waals surface area contributed by atoms with E-state index in [2.05, 4.69) is 5.16 Å². The van der Waals surface area contributed by atoms with Crippen LogP contribution in [0.2, 0.25) is 0 Å². The molecule has 0 bridgehead atoms. The third-order valence-corrected chi connectivity index (χ3v) is 2.06. The molecule has 1 saturated heterocycles. The highest BCUT2D eigenvalue weighted by Gasteiger charge is 2.25. The van der Waals surface area contributed by atoms with Crippen LogP contribution in [0.15, 0.2) is 5.16 Å². The zero-order valence-corrected chi connectivity index (χ0v) is 9.49. The van der Waals surface area contributed by atoms with E-state index >= 15 is 0 Å². The summed E-state index contributed by atoms with van der Waals surface area (Å²) < 4.78 is 5.22. The molecule has 1 N–H and O–H groups in total. The number of carbonyl (C=O) groups is 1. The van der Waals surface area contributed by atoms with Gasteiger partial charge in [0.15, 0.2) is 0 Å². The van der Waals surface area contributed by atoms with E-state index in [-0.39, 0.29) is 6.09 Å². The van der Waals surface area contributed by atoms with E-state index < -0.39 is 5.60 Å². The first-order valence-electron chi connectivity index (χ1n) is 5.10. The lowest BCUT2D eigenvalue weighted by atomic mass is 10.1. The summed E-state index contributed by atoms with van der Waals surface area (Å²) in [5.74, 6) is 0. The molecule has 1 aliphatic heterocycles. The fourth-order valence-electron chi connectivity index (χ4n) is 1.42. The monoisotopic (exact) mass is 214 g/mol. The van der Waals surface area contributed by atoms with Crippen LogP contribution in [0.4, 0.5) is 4.79 Å². The second-order valence-corrected chi connectivity index (χ2v) is 4.67. The number of rotatable bonds is 0. The summed E-state index contributed by atoms with van der Waals surface area (Å²) in [4.78, 5) is 13.2. The molecule has 0 saturated carbocycles. The zero-order valence-electron chi connectivity index (χ0n) is 9.49. The van der Waals surface area contributed by atoms with Gasteiger partial charge in [-0.1, -0.05) is 5.16 Å². The van der Waals surface area contributed by atoms with Gasteiger partial charge in [0.05, 0.1) is 12.3 Å². The lowest BCUT2D eigenvalue weighted by Gasteiger charge is -2.30. The van der Waals surface area contributed by atoms with Crippen LogP contribution in [0.3, 0.4) is 0 Å². The largest absolute Gasteiger partial charge is 0.444 e. The molecule has 0 atom stereocenters. The van der Waals surface area contributed by atoms with E-state index in [1.165, 1.54) is 0 Å². The maximum Gasteiger partial charge on any atom is 0.410 e. The molecule has 0 spiro atoms. The van der Waals surface area contributed by atoms with E-state index in [9.17, 15) is 4.79 Å². The highest BCUT2D eigenvalue weighted by molar-refractivity contribution is 5.89. The number of carbonyl (C=O) groups excluding carboxylic acids is 1. The molecule has 1 heterocycles. The molecule has 0 aromatic rings. The summed E-state index contributed by atoms with van der Waals surface area (Å²) >= 11 is 0. The minimum Gasteiger partial charge on any atom is -0.444 e. The smallest absolute Gasteiger partial charge is 0.410 e. The van der Waals surface area contributed by atoms with Crippen molar-refractivity contribution in [1.29, 1.82) is 0 Å². The molecule has 15 heavy (non-hydrogen) atoms. The Balaban J connectivity index is 2.53. The van der Waals surface area contributed by atoms with Crippen molar-refractivity contribution < 1.29 is 14.7 Å². The van der Waals surface area contributed by atoms with Gasteiger partial charge >= 0.3 is 6.09 Å². The highest BCUT2D eigenvalue weighted by atomic mass is 16.6. The molecule has 0 aromatic carbocycles. The minimum absolute atomic E-state index is 0.344. The number of ether oxygens (including phenoxy) is 1. The predicted molar refractivity (Wildman–Crippen MR) is 56.3 cm³/mol. The van der Waals surface area contributed by atoms with Crippen molar-refractivity contribution in [3.05, 3.63) is 0 Å². The third kappa shape index (κ3) is 3.77. The van der Waals surface area contributed by atoms with Gasteiger partial charge in [-0.15, -0.1) is 0 Å². The van der Waals surface area contributed by atoms with E-state index in [0.717, 1.165) is 12.8 Å². The lowest BCUT2D eigenvalue weighted by molar-refractivity contribution is 0.0265. The van der Waals surface area contributed by atoms with E-state index in [1.54, 1.807) is 4.90 Å². The summed E-state index contributed by atoms with van der Waals surface area (Å²) in [6.07, 6.45) is 1.22. The molecule has 1 fully saturated rings. The molecule has 0 aliphatic carbocycles. The number of amides is 1. The Hall–Kier alpha value is -1.26. The fourth-order valence-corrected chi connectivity index (χ4v) is 1.42. The first-order chi connectivity index (χ1) is 6.92. The van der Waals surface area contributed by atoms with Crippen molar-refractivity contribution in [3.8, 4) is 0 Å². The fraction of sp³-hybridized carbons (Fsp3) is 0.800. The number of hydrogen-bond acceptors (Lipinski definition) is 4. The average Bonchev–Trinajstić information content (AvgIpc) is 2.15. The molecule has 1 aliphatic rings. The molecular weight excluding hydrogens is 196 g/mol. The van der Waals surface area contributed by atoms with Crippen molar-refractivity contribution in [2.24, 2.45) is 5.16 Å². The number of likely N-dealkylation sites (tertiary alicyclic amines) is 1. The number of nitrogens with zero attached hydrogens (tertiary/aromatic N) is 2. The van der Waals surface area contributed by atoms with Gasteiger partial charge in [0, 0.05) is 6.54 Å². The number of oxime groups is 1. The Bertz CT molecular complexity index is 268. The SMILES string of the molecule is CC(C)(C)OC(=O)N1CCC/C(=N/O)C1. The maximum absolute atomic E-state index is 11.6. The molecule has 5 heteroatoms. The average molecular weight is 214 g/mol. The second kappa shape index (κ2) is 4.51. The molecular formula is C10H18N2O3. The zero-order chi connectivity index (χ0) is 11.5. The summed E-state index contributed by atoms with van der Waals surface area (Å²) in [6, 6.07) is 0. The Morgan fingerprint density at radius 3 is 2.73 bits per heavy atom. The molecule has 1 amide bonds. The van der Waals surface area contributed by atoms with Gasteiger partial charge in [0.2, 0.25) is 0 Å². The van der Waals surface area contributed by atoms with Crippen molar-refractivity contribution in [2.75, 3.05) is 13.1 Å². The number of hydrogen-bond donors (Lipinski definition) is 1. The van der Waals surface area contributed by atoms with Crippen LogP contribution in [0.25, 0.3) is 0 Å². The van der Waals surface area contributed by atoms with Gasteiger partial charge in [-0.05, 0) is 33.6 Å². The van der Waals surface area contributed by atoms with Gasteiger partial charge in [0.25, 0.3) is 0 Å². The standard InChI is InChI=1S/C10H18N2O3/c1-10(2,3)15-9(13)12-6-4-5-8(7-12)11-14/h14H,4-7H2,1-3H3/b11-8-. The van der Waals surface area contributed by atoms with Crippen molar-refractivity contribution in [1.82, 2.24) is 4.90 Å². The van der Waals surface area contributed by atoms with Gasteiger partial charge < -0.3 is 14.8 Å². The molecule has 0 aromatic heterocycles. The molecule has 0 unspecified atom stereocenters. The molecule has 0 radical (unpaired) electrons. The Morgan fingerprint density at radius 1 is 1.53 bits per heavy atom. The lowest BCUT2D eigenvalue weighted by Crippen LogP contribution is -2.43. The summed E-state index contributed by atoms with van der Waals surface area (Å²) in [5, 5.41) is 11.8. The van der Waals surface area contributed by atoms with E-state index in [0.29, 0.717) is 18.8 Å². The molecule has 5 nitrogen and oxygen atoms in total. The quantitative estimate of drug-likeness (QED) is 0.494. The van der Waals surface area contributed by atoms with Crippen LogP contribution in [-0.2, 0) is 4.74 Å². The second-order valence-electron chi connectivity index (χ2n) is 4.67. The van der Waals surface area contributed by atoms with Crippen molar-refractivity contribution >= 4 is 11.8 Å². The van der Waals surface area contributed by atoms with Gasteiger partial charge in [0.1, 0.15) is 5.60 Å². The Morgan fingerprint density at radius 2 is 2.20 bits per heavy atom. The normalized spacial score (nSPS) is 20.5. The predicted octanol–water partition coefficient (Wildman–Crippen LogP) is 1.85. The third-order valence-electron chi connectivity index (χ3n) is 2.06. The topological polar surface area (TPSA) is 62.1 Å². The summed E-state index contributed by atoms with van der Waals surface area (Å²) in [7, 11) is 0. The summed E-state index contributed by atoms with van der Waals surface area (Å²) in [5.41, 5.74) is 0.150. The Labute approximate surface area is 89.7 Å². The van der Waals surface area contributed by atoms with Gasteiger partial charge in [-0.3, -0.25) is 0 Å². The van der Waals surface area contributed by atoms with E-state index in [4.69, 9.17) is 9.94 Å². The van der Waals surface area contributed by atoms with Crippen LogP contribution < -0.4 is 0 Å². The van der Waals surface area contributed by atoms with Crippen molar-refractivity contribution in [2.45, 2.75) is 39.2 Å². The first-order valence-corrected chi connectivity index (χ1v) is 5.10. The van der Waals surface area contributed by atoms with Gasteiger partial charge in [-0.25, -0.2) is 4.79 Å². The van der Waals surface area contributed by atoms with Crippen molar-refractivity contribution in [3.63, 3.8) is 0 Å². The van der Waals surface area contributed by atoms with Gasteiger partial charge in [-0.2, -0.15) is 0 Å². The highest BCUT2D eigenvalue weighted by Crippen LogP contribution is 2.13. The molecule has 1 rings (SSSR count). The van der Waals surface area contributed by atoms with E-state index in [1.807, 2.05) is 20.8 Å². The van der Waals surface area contributed by atoms with Crippen LogP contribution in [0.5, 0.6) is 0 Å². The maximum atomic E-state index is 11.6.